The van der Waals surface area contributed by atoms with Gasteiger partial charge in [0.1, 0.15) is 5.82 Å². The number of nitrogens with one attached hydrogen (secondary N) is 3. The molecule has 0 bridgehead atoms. The van der Waals surface area contributed by atoms with Gasteiger partial charge in [-0.3, -0.25) is 4.99 Å². The van der Waals surface area contributed by atoms with E-state index in [1.807, 2.05) is 25.2 Å². The molecule has 1 rings (SSSR count). The Bertz CT molecular complexity index is 397. The maximum Gasteiger partial charge on any atom is 0.190 e. The van der Waals surface area contributed by atoms with E-state index in [0.717, 1.165) is 44.3 Å². The predicted molar refractivity (Wildman–Crippen MR) is 111 cm³/mol. The average Bonchev–Trinajstić information content (AvgIpc) is 2.56. The normalized spacial score (nSPS) is 10.8. The summed E-state index contributed by atoms with van der Waals surface area (Å²) in [4.78, 5) is 8.48. The summed E-state index contributed by atoms with van der Waals surface area (Å²) in [6.45, 7) is 5.12. The predicted octanol–water partition coefficient (Wildman–Crippen LogP) is 3.64. The maximum absolute atomic E-state index is 4.24. The Kier molecular flexibility index (Phi) is 15.1. The molecule has 1 heterocycles. The first-order chi connectivity index (χ1) is 10.9. The molecule has 0 radical (unpaired) electrons. The summed E-state index contributed by atoms with van der Waals surface area (Å²) in [5, 5.41) is 10.0. The lowest BCUT2D eigenvalue weighted by Crippen LogP contribution is -2.38. The molecule has 0 aliphatic carbocycles. The smallest absolute Gasteiger partial charge is 0.190 e. The molecule has 0 aliphatic heterocycles. The molecule has 0 atom stereocenters. The topological polar surface area (TPSA) is 61.3 Å². The van der Waals surface area contributed by atoms with Crippen molar-refractivity contribution in [2.24, 2.45) is 4.99 Å². The fourth-order valence-corrected chi connectivity index (χ4v) is 2.12. The highest BCUT2D eigenvalue weighted by Crippen LogP contribution is 2.00. The number of hydrogen-bond acceptors (Lipinski definition) is 3. The number of anilines is 1. The Morgan fingerprint density at radius 1 is 1.00 bits per heavy atom. The zero-order chi connectivity index (χ0) is 15.9. The zero-order valence-corrected chi connectivity index (χ0v) is 16.8. The summed E-state index contributed by atoms with van der Waals surface area (Å²) < 4.78 is 0. The fraction of sp³-hybridized carbons (Fsp3) is 0.647. The van der Waals surface area contributed by atoms with Crippen molar-refractivity contribution < 1.29 is 0 Å². The first-order valence-corrected chi connectivity index (χ1v) is 8.46. The standard InChI is InChI=1S/C17H31N5.HI/c1-3-4-5-7-14-21-17(18-2)22-15-10-9-13-20-16-11-6-8-12-19-16;/h6,8,11-12H,3-5,7,9-10,13-15H2,1-2H3,(H,19,20)(H2,18,21,22);1H. The number of unbranched alkanes of at least 4 members (excludes halogenated alkanes) is 4. The van der Waals surface area contributed by atoms with Gasteiger partial charge >= 0.3 is 0 Å². The fourth-order valence-electron chi connectivity index (χ4n) is 2.12. The van der Waals surface area contributed by atoms with E-state index in [0.29, 0.717) is 0 Å². The summed E-state index contributed by atoms with van der Waals surface area (Å²) in [7, 11) is 1.82. The highest BCUT2D eigenvalue weighted by Gasteiger charge is 1.97. The lowest BCUT2D eigenvalue weighted by atomic mass is 10.2. The van der Waals surface area contributed by atoms with E-state index in [-0.39, 0.29) is 24.0 Å². The molecular formula is C17H32IN5. The van der Waals surface area contributed by atoms with Gasteiger partial charge in [-0.2, -0.15) is 0 Å². The molecule has 0 unspecified atom stereocenters. The van der Waals surface area contributed by atoms with Crippen LogP contribution in [-0.2, 0) is 0 Å². The summed E-state index contributed by atoms with van der Waals surface area (Å²) in [5.41, 5.74) is 0. The van der Waals surface area contributed by atoms with Gasteiger partial charge in [-0.1, -0.05) is 32.3 Å². The largest absolute Gasteiger partial charge is 0.370 e. The molecule has 0 saturated carbocycles. The number of pyridine rings is 1. The number of nitrogens with zero attached hydrogens (tertiary/aromatic N) is 2. The van der Waals surface area contributed by atoms with Gasteiger partial charge in [0.05, 0.1) is 0 Å². The summed E-state index contributed by atoms with van der Waals surface area (Å²) in [6.07, 6.45) is 9.12. The molecule has 6 heteroatoms. The quantitative estimate of drug-likeness (QED) is 0.216. The van der Waals surface area contributed by atoms with Gasteiger partial charge < -0.3 is 16.0 Å². The Balaban J connectivity index is 0.00000484. The van der Waals surface area contributed by atoms with Gasteiger partial charge in [-0.25, -0.2) is 4.98 Å². The Hall–Kier alpha value is -1.05. The van der Waals surface area contributed by atoms with Crippen LogP contribution in [0.5, 0.6) is 0 Å². The average molecular weight is 433 g/mol. The van der Waals surface area contributed by atoms with Crippen LogP contribution in [0.4, 0.5) is 5.82 Å². The number of aromatic nitrogens is 1. The van der Waals surface area contributed by atoms with Crippen LogP contribution < -0.4 is 16.0 Å². The zero-order valence-electron chi connectivity index (χ0n) is 14.5. The lowest BCUT2D eigenvalue weighted by molar-refractivity contribution is 0.643. The van der Waals surface area contributed by atoms with Gasteiger partial charge in [0, 0.05) is 32.9 Å². The molecule has 3 N–H and O–H groups in total. The second-order valence-corrected chi connectivity index (χ2v) is 5.34. The number of guanidine groups is 1. The van der Waals surface area contributed by atoms with E-state index < -0.39 is 0 Å². The number of aliphatic imine (C=N–C) groups is 1. The molecule has 1 aromatic heterocycles. The third-order valence-corrected chi connectivity index (χ3v) is 3.41. The molecule has 1 aromatic rings. The number of halogens is 1. The molecule has 0 spiro atoms. The molecule has 132 valence electrons. The van der Waals surface area contributed by atoms with Gasteiger partial charge in [0.25, 0.3) is 0 Å². The molecule has 0 aliphatic rings. The summed E-state index contributed by atoms with van der Waals surface area (Å²) >= 11 is 0. The molecule has 5 nitrogen and oxygen atoms in total. The van der Waals surface area contributed by atoms with E-state index in [1.54, 1.807) is 6.20 Å². The van der Waals surface area contributed by atoms with Crippen molar-refractivity contribution in [1.82, 2.24) is 15.6 Å². The SMILES string of the molecule is CCCCCCNC(=NC)NCCCCNc1ccccn1.I. The van der Waals surface area contributed by atoms with Crippen LogP contribution in [0.15, 0.2) is 29.4 Å². The third-order valence-electron chi connectivity index (χ3n) is 3.41. The van der Waals surface area contributed by atoms with Gasteiger partial charge in [0.2, 0.25) is 0 Å². The molecule has 0 fully saturated rings. The van der Waals surface area contributed by atoms with E-state index >= 15 is 0 Å². The van der Waals surface area contributed by atoms with Crippen LogP contribution in [0.3, 0.4) is 0 Å². The molecule has 0 saturated heterocycles. The van der Waals surface area contributed by atoms with Crippen molar-refractivity contribution in [3.63, 3.8) is 0 Å². The first kappa shape index (κ1) is 21.9. The minimum absolute atomic E-state index is 0. The Morgan fingerprint density at radius 3 is 2.30 bits per heavy atom. The Morgan fingerprint density at radius 2 is 1.70 bits per heavy atom. The van der Waals surface area contributed by atoms with Gasteiger partial charge in [-0.05, 0) is 31.4 Å². The second kappa shape index (κ2) is 15.8. The van der Waals surface area contributed by atoms with Crippen LogP contribution in [-0.4, -0.2) is 37.6 Å². The van der Waals surface area contributed by atoms with E-state index in [1.165, 1.54) is 25.7 Å². The molecular weight excluding hydrogens is 401 g/mol. The second-order valence-electron chi connectivity index (χ2n) is 5.34. The summed E-state index contributed by atoms with van der Waals surface area (Å²) in [6, 6.07) is 5.91. The van der Waals surface area contributed by atoms with Crippen molar-refractivity contribution in [2.75, 3.05) is 32.0 Å². The van der Waals surface area contributed by atoms with Crippen molar-refractivity contribution >= 4 is 35.8 Å². The van der Waals surface area contributed by atoms with Crippen LogP contribution in [0.25, 0.3) is 0 Å². The highest BCUT2D eigenvalue weighted by atomic mass is 127. The van der Waals surface area contributed by atoms with E-state index in [4.69, 9.17) is 0 Å². The summed E-state index contributed by atoms with van der Waals surface area (Å²) in [5.74, 6) is 1.86. The van der Waals surface area contributed by atoms with E-state index in [2.05, 4.69) is 32.9 Å². The minimum atomic E-state index is 0. The third kappa shape index (κ3) is 12.1. The Labute approximate surface area is 158 Å². The van der Waals surface area contributed by atoms with Crippen LogP contribution in [0, 0.1) is 0 Å². The maximum atomic E-state index is 4.24. The molecule has 23 heavy (non-hydrogen) atoms. The highest BCUT2D eigenvalue weighted by molar-refractivity contribution is 14.0. The van der Waals surface area contributed by atoms with Gasteiger partial charge in [-0.15, -0.1) is 24.0 Å². The van der Waals surface area contributed by atoms with Crippen LogP contribution >= 0.6 is 24.0 Å². The van der Waals surface area contributed by atoms with E-state index in [9.17, 15) is 0 Å². The van der Waals surface area contributed by atoms with Crippen LogP contribution in [0.2, 0.25) is 0 Å². The molecule has 0 amide bonds. The monoisotopic (exact) mass is 433 g/mol. The van der Waals surface area contributed by atoms with Crippen molar-refractivity contribution in [3.8, 4) is 0 Å². The number of rotatable bonds is 11. The number of hydrogen-bond donors (Lipinski definition) is 3. The lowest BCUT2D eigenvalue weighted by Gasteiger charge is -2.12. The van der Waals surface area contributed by atoms with Crippen molar-refractivity contribution in [1.29, 1.82) is 0 Å². The van der Waals surface area contributed by atoms with Crippen molar-refractivity contribution in [2.45, 2.75) is 45.4 Å². The first-order valence-electron chi connectivity index (χ1n) is 8.46. The van der Waals surface area contributed by atoms with Crippen LogP contribution in [0.1, 0.15) is 45.4 Å². The van der Waals surface area contributed by atoms with Gasteiger partial charge in [0.15, 0.2) is 5.96 Å². The van der Waals surface area contributed by atoms with Crippen molar-refractivity contribution in [3.05, 3.63) is 24.4 Å². The minimum Gasteiger partial charge on any atom is -0.370 e. The molecule has 0 aromatic carbocycles.